The van der Waals surface area contributed by atoms with Crippen LogP contribution in [0.4, 0.5) is 0 Å². The molecule has 0 amide bonds. The number of aliphatic hydroxyl groups is 1. The average molecular weight is 397 g/mol. The molecular weight excluding hydrogens is 360 g/mol. The lowest BCUT2D eigenvalue weighted by Gasteiger charge is -2.54. The Balaban J connectivity index is 1.34. The number of allylic oxidation sites excluding steroid dienone is 1. The van der Waals surface area contributed by atoms with Crippen LogP contribution < -0.4 is 0 Å². The zero-order valence-electron chi connectivity index (χ0n) is 18.2. The predicted octanol–water partition coefficient (Wildman–Crippen LogP) is 4.70. The fourth-order valence-corrected chi connectivity index (χ4v) is 7.82. The summed E-state index contributed by atoms with van der Waals surface area (Å²) >= 11 is 0. The highest BCUT2D eigenvalue weighted by Gasteiger charge is 2.57. The molecule has 1 N–H and O–H groups in total. The van der Waals surface area contributed by atoms with Crippen LogP contribution in [0.2, 0.25) is 0 Å². The third-order valence-corrected chi connectivity index (χ3v) is 9.19. The molecule has 4 aliphatic rings. The molecule has 4 aliphatic carbocycles. The van der Waals surface area contributed by atoms with E-state index in [4.69, 9.17) is 0 Å². The fraction of sp³-hybridized carbons (Fsp3) is 0.760. The second-order valence-electron chi connectivity index (χ2n) is 11.1. The van der Waals surface area contributed by atoms with Crippen LogP contribution in [0.1, 0.15) is 70.8 Å². The van der Waals surface area contributed by atoms with Gasteiger partial charge in [-0.25, -0.2) is 0 Å². The molecule has 29 heavy (non-hydrogen) atoms. The molecule has 1 unspecified atom stereocenters. The molecule has 3 fully saturated rings. The molecule has 0 saturated heterocycles. The molecule has 4 heteroatoms. The van der Waals surface area contributed by atoms with Gasteiger partial charge in [0.2, 0.25) is 0 Å². The lowest BCUT2D eigenvalue weighted by molar-refractivity contribution is -0.129. The third kappa shape index (κ3) is 3.22. The van der Waals surface area contributed by atoms with Gasteiger partial charge in [-0.15, -0.1) is 0 Å². The quantitative estimate of drug-likeness (QED) is 0.754. The first-order valence-electron chi connectivity index (χ1n) is 11.7. The van der Waals surface area contributed by atoms with Gasteiger partial charge in [-0.05, 0) is 99.9 Å². The zero-order chi connectivity index (χ0) is 20.4. The average Bonchev–Trinajstić information content (AvgIpc) is 3.22. The van der Waals surface area contributed by atoms with Gasteiger partial charge in [0.25, 0.3) is 0 Å². The summed E-state index contributed by atoms with van der Waals surface area (Å²) in [5, 5.41) is 14.9. The number of Topliss-reactive ketones (excluding diaryl/α,β-unsaturated/α-hetero) is 1. The summed E-state index contributed by atoms with van der Waals surface area (Å²) in [6, 6.07) is 0. The summed E-state index contributed by atoms with van der Waals surface area (Å²) in [4.78, 5) is 13.2. The van der Waals surface area contributed by atoms with Crippen molar-refractivity contribution < 1.29 is 9.90 Å². The number of ketones is 1. The normalized spacial score (nSPS) is 43.9. The van der Waals surface area contributed by atoms with Gasteiger partial charge >= 0.3 is 0 Å². The maximum Gasteiger partial charge on any atom is 0.157 e. The van der Waals surface area contributed by atoms with Crippen LogP contribution in [0.15, 0.2) is 24.0 Å². The minimum Gasteiger partial charge on any atom is -0.390 e. The first kappa shape index (κ1) is 19.5. The standard InChI is InChI=1S/C25H36N2O2/c1-16-13-26-27(14-16)15-23(28)22-7-6-21-20-5-4-17-12-24(2,29)10-8-18(17)19(20)9-11-25(21,22)3/h4,13-14,18-22,29H,5-12,15H2,1-3H3/t18-,19+,20+,21?,22+,24+,25-/m0/s1. The minimum atomic E-state index is -0.506. The maximum atomic E-state index is 13.2. The Bertz CT molecular complexity index is 838. The SMILES string of the molecule is Cc1cnn(CC(=O)[C@H]2CCC3[C@@H]4CC=C5C[C@](C)(O)CC[C@@H]5[C@H]4CC[C@@]32C)c1. The number of rotatable bonds is 3. The monoisotopic (exact) mass is 396 g/mol. The number of fused-ring (bicyclic) bond motifs is 5. The van der Waals surface area contributed by atoms with Crippen molar-refractivity contribution in [3.05, 3.63) is 29.6 Å². The molecule has 0 bridgehead atoms. The van der Waals surface area contributed by atoms with Gasteiger partial charge in [0.05, 0.1) is 18.3 Å². The molecule has 1 heterocycles. The van der Waals surface area contributed by atoms with Crippen LogP contribution in [-0.4, -0.2) is 26.3 Å². The van der Waals surface area contributed by atoms with Crippen LogP contribution in [0.3, 0.4) is 0 Å². The molecular formula is C25H36N2O2. The summed E-state index contributed by atoms with van der Waals surface area (Å²) in [6.45, 7) is 6.87. The summed E-state index contributed by atoms with van der Waals surface area (Å²) in [5.74, 6) is 3.44. The molecule has 3 saturated carbocycles. The third-order valence-electron chi connectivity index (χ3n) is 9.19. The molecule has 1 aromatic heterocycles. The number of hydrogen-bond donors (Lipinski definition) is 1. The summed E-state index contributed by atoms with van der Waals surface area (Å²) in [5.41, 5.74) is 2.30. The highest BCUT2D eigenvalue weighted by atomic mass is 16.3. The number of carbonyl (C=O) groups is 1. The van der Waals surface area contributed by atoms with Crippen molar-refractivity contribution in [3.63, 3.8) is 0 Å². The van der Waals surface area contributed by atoms with E-state index in [0.717, 1.165) is 49.5 Å². The van der Waals surface area contributed by atoms with E-state index in [-0.39, 0.29) is 11.3 Å². The Hall–Kier alpha value is -1.42. The van der Waals surface area contributed by atoms with Gasteiger partial charge < -0.3 is 5.11 Å². The van der Waals surface area contributed by atoms with Gasteiger partial charge in [0.1, 0.15) is 0 Å². The van der Waals surface area contributed by atoms with Crippen LogP contribution in [0.25, 0.3) is 0 Å². The Morgan fingerprint density at radius 3 is 2.79 bits per heavy atom. The lowest BCUT2D eigenvalue weighted by atomic mass is 9.51. The predicted molar refractivity (Wildman–Crippen MR) is 113 cm³/mol. The van der Waals surface area contributed by atoms with Gasteiger partial charge in [-0.1, -0.05) is 18.6 Å². The van der Waals surface area contributed by atoms with Crippen molar-refractivity contribution in [2.45, 2.75) is 84.3 Å². The van der Waals surface area contributed by atoms with E-state index in [2.05, 4.69) is 18.1 Å². The highest BCUT2D eigenvalue weighted by Crippen LogP contribution is 2.63. The van der Waals surface area contributed by atoms with Crippen molar-refractivity contribution in [2.75, 3.05) is 0 Å². The molecule has 0 spiro atoms. The van der Waals surface area contributed by atoms with Crippen molar-refractivity contribution in [1.82, 2.24) is 9.78 Å². The first-order chi connectivity index (χ1) is 13.8. The second kappa shape index (κ2) is 6.80. The molecule has 1 aromatic rings. The number of hydrogen-bond acceptors (Lipinski definition) is 3. The van der Waals surface area contributed by atoms with Crippen LogP contribution in [0.5, 0.6) is 0 Å². The van der Waals surface area contributed by atoms with Crippen molar-refractivity contribution in [2.24, 2.45) is 35.0 Å². The van der Waals surface area contributed by atoms with Gasteiger partial charge in [0.15, 0.2) is 5.78 Å². The highest BCUT2D eigenvalue weighted by molar-refractivity contribution is 5.82. The Labute approximate surface area is 174 Å². The van der Waals surface area contributed by atoms with Crippen molar-refractivity contribution in [3.8, 4) is 0 Å². The Morgan fingerprint density at radius 2 is 2.03 bits per heavy atom. The smallest absolute Gasteiger partial charge is 0.157 e. The number of nitrogens with zero attached hydrogens (tertiary/aromatic N) is 2. The van der Waals surface area contributed by atoms with E-state index in [9.17, 15) is 9.90 Å². The van der Waals surface area contributed by atoms with E-state index in [1.54, 1.807) is 0 Å². The number of aryl methyl sites for hydroxylation is 1. The molecule has 4 nitrogen and oxygen atoms in total. The molecule has 5 rings (SSSR count). The Morgan fingerprint density at radius 1 is 1.21 bits per heavy atom. The zero-order valence-corrected chi connectivity index (χ0v) is 18.2. The second-order valence-corrected chi connectivity index (χ2v) is 11.1. The van der Waals surface area contributed by atoms with Crippen molar-refractivity contribution in [1.29, 1.82) is 0 Å². The van der Waals surface area contributed by atoms with E-state index < -0.39 is 5.60 Å². The van der Waals surface area contributed by atoms with Crippen LogP contribution in [-0.2, 0) is 11.3 Å². The summed E-state index contributed by atoms with van der Waals surface area (Å²) in [7, 11) is 0. The minimum absolute atomic E-state index is 0.159. The summed E-state index contributed by atoms with van der Waals surface area (Å²) in [6.07, 6.45) is 15.1. The van der Waals surface area contributed by atoms with E-state index in [0.29, 0.717) is 24.2 Å². The molecule has 7 atom stereocenters. The molecule has 0 radical (unpaired) electrons. The molecule has 0 aromatic carbocycles. The molecule has 158 valence electrons. The topological polar surface area (TPSA) is 55.1 Å². The number of carbonyl (C=O) groups excluding carboxylic acids is 1. The summed E-state index contributed by atoms with van der Waals surface area (Å²) < 4.78 is 1.82. The largest absolute Gasteiger partial charge is 0.390 e. The van der Waals surface area contributed by atoms with Gasteiger partial charge in [-0.3, -0.25) is 9.48 Å². The van der Waals surface area contributed by atoms with Gasteiger partial charge in [0, 0.05) is 12.1 Å². The Kier molecular flexibility index (Phi) is 4.58. The van der Waals surface area contributed by atoms with Crippen LogP contribution >= 0.6 is 0 Å². The van der Waals surface area contributed by atoms with E-state index >= 15 is 0 Å². The van der Waals surface area contributed by atoms with E-state index in [1.807, 2.05) is 30.9 Å². The lowest BCUT2D eigenvalue weighted by Crippen LogP contribution is -2.48. The van der Waals surface area contributed by atoms with Crippen molar-refractivity contribution >= 4 is 5.78 Å². The van der Waals surface area contributed by atoms with Gasteiger partial charge in [-0.2, -0.15) is 5.10 Å². The molecule has 0 aliphatic heterocycles. The maximum absolute atomic E-state index is 13.2. The first-order valence-corrected chi connectivity index (χ1v) is 11.7. The number of aromatic nitrogens is 2. The van der Waals surface area contributed by atoms with Crippen LogP contribution in [0, 0.1) is 41.9 Å². The van der Waals surface area contributed by atoms with E-state index in [1.165, 1.54) is 24.8 Å². The fourth-order valence-electron chi connectivity index (χ4n) is 7.82.